The number of aliphatic carboxylic acids is 1. The summed E-state index contributed by atoms with van der Waals surface area (Å²) < 4.78 is 5.58. The van der Waals surface area contributed by atoms with Crippen molar-refractivity contribution in [2.75, 3.05) is 25.1 Å². The standard InChI is InChI=1S/C13H18N2O3/c1-8-10-4-6-15(3)13(10)14-9(2)12(8)18-7-5-11(16)17/h4-7H2,1-3H3,(H,16,17). The monoisotopic (exact) mass is 250 g/mol. The summed E-state index contributed by atoms with van der Waals surface area (Å²) in [6.45, 7) is 5.08. The van der Waals surface area contributed by atoms with Gasteiger partial charge in [0.15, 0.2) is 0 Å². The van der Waals surface area contributed by atoms with E-state index in [2.05, 4.69) is 9.88 Å². The fraction of sp³-hybridized carbons (Fsp3) is 0.538. The van der Waals surface area contributed by atoms with Gasteiger partial charge in [-0.05, 0) is 25.8 Å². The Bertz CT molecular complexity index is 486. The van der Waals surface area contributed by atoms with Gasteiger partial charge in [-0.1, -0.05) is 0 Å². The summed E-state index contributed by atoms with van der Waals surface area (Å²) in [5.41, 5.74) is 3.13. The summed E-state index contributed by atoms with van der Waals surface area (Å²) in [6, 6.07) is 0. The fourth-order valence-electron chi connectivity index (χ4n) is 2.31. The smallest absolute Gasteiger partial charge is 0.306 e. The minimum atomic E-state index is -0.848. The van der Waals surface area contributed by atoms with Gasteiger partial charge in [0, 0.05) is 19.2 Å². The van der Waals surface area contributed by atoms with Crippen LogP contribution in [0.5, 0.6) is 5.75 Å². The molecule has 0 unspecified atom stereocenters. The molecule has 0 saturated carbocycles. The zero-order chi connectivity index (χ0) is 13.3. The Balaban J connectivity index is 2.24. The zero-order valence-electron chi connectivity index (χ0n) is 11.0. The number of likely N-dealkylation sites (N-methyl/N-ethyl adjacent to an activating group) is 1. The van der Waals surface area contributed by atoms with Crippen LogP contribution in [-0.2, 0) is 11.2 Å². The first-order chi connectivity index (χ1) is 8.50. The molecule has 0 bridgehead atoms. The van der Waals surface area contributed by atoms with Gasteiger partial charge in [-0.25, -0.2) is 4.98 Å². The van der Waals surface area contributed by atoms with Crippen molar-refractivity contribution in [3.8, 4) is 5.75 Å². The van der Waals surface area contributed by atoms with Crippen molar-refractivity contribution in [1.82, 2.24) is 4.98 Å². The molecule has 98 valence electrons. The molecule has 5 nitrogen and oxygen atoms in total. The van der Waals surface area contributed by atoms with E-state index < -0.39 is 5.97 Å². The first-order valence-corrected chi connectivity index (χ1v) is 6.06. The maximum Gasteiger partial charge on any atom is 0.306 e. The van der Waals surface area contributed by atoms with E-state index in [0.29, 0.717) is 0 Å². The molecule has 0 amide bonds. The highest BCUT2D eigenvalue weighted by Gasteiger charge is 2.23. The second kappa shape index (κ2) is 4.84. The second-order valence-corrected chi connectivity index (χ2v) is 4.62. The number of anilines is 1. The van der Waals surface area contributed by atoms with Crippen molar-refractivity contribution in [2.45, 2.75) is 26.7 Å². The molecule has 1 aliphatic rings. The van der Waals surface area contributed by atoms with Crippen LogP contribution < -0.4 is 9.64 Å². The minimum Gasteiger partial charge on any atom is -0.491 e. The number of carboxylic acid groups (broad SMARTS) is 1. The van der Waals surface area contributed by atoms with E-state index >= 15 is 0 Å². The number of carboxylic acids is 1. The van der Waals surface area contributed by atoms with E-state index in [0.717, 1.165) is 35.8 Å². The van der Waals surface area contributed by atoms with Crippen molar-refractivity contribution in [2.24, 2.45) is 0 Å². The Labute approximate surface area is 106 Å². The van der Waals surface area contributed by atoms with Crippen molar-refractivity contribution in [1.29, 1.82) is 0 Å². The number of carbonyl (C=O) groups is 1. The predicted octanol–water partition coefficient (Wildman–Crippen LogP) is 1.54. The highest BCUT2D eigenvalue weighted by molar-refractivity contribution is 5.67. The van der Waals surface area contributed by atoms with Gasteiger partial charge < -0.3 is 14.7 Å². The minimum absolute atomic E-state index is 0.00979. The van der Waals surface area contributed by atoms with Crippen LogP contribution in [0.15, 0.2) is 0 Å². The molecular formula is C13H18N2O3. The van der Waals surface area contributed by atoms with Crippen molar-refractivity contribution < 1.29 is 14.6 Å². The van der Waals surface area contributed by atoms with Gasteiger partial charge in [0.1, 0.15) is 11.6 Å². The molecule has 18 heavy (non-hydrogen) atoms. The van der Waals surface area contributed by atoms with Gasteiger partial charge in [0.05, 0.1) is 18.7 Å². The Hall–Kier alpha value is -1.78. The fourth-order valence-corrected chi connectivity index (χ4v) is 2.31. The quantitative estimate of drug-likeness (QED) is 0.878. The highest BCUT2D eigenvalue weighted by atomic mass is 16.5. The van der Waals surface area contributed by atoms with E-state index in [1.807, 2.05) is 20.9 Å². The number of nitrogens with zero attached hydrogens (tertiary/aromatic N) is 2. The van der Waals surface area contributed by atoms with Gasteiger partial charge in [-0.2, -0.15) is 0 Å². The van der Waals surface area contributed by atoms with Crippen LogP contribution in [0.25, 0.3) is 0 Å². The molecule has 0 aliphatic carbocycles. The first kappa shape index (κ1) is 12.7. The van der Waals surface area contributed by atoms with Crippen LogP contribution in [0.3, 0.4) is 0 Å². The van der Waals surface area contributed by atoms with Gasteiger partial charge in [-0.15, -0.1) is 0 Å². The van der Waals surface area contributed by atoms with Crippen molar-refractivity contribution in [3.63, 3.8) is 0 Å². The maximum absolute atomic E-state index is 10.5. The summed E-state index contributed by atoms with van der Waals surface area (Å²) in [7, 11) is 2.03. The lowest BCUT2D eigenvalue weighted by molar-refractivity contribution is -0.137. The summed E-state index contributed by atoms with van der Waals surface area (Å²) in [4.78, 5) is 17.2. The molecule has 0 aromatic carbocycles. The summed E-state index contributed by atoms with van der Waals surface area (Å²) >= 11 is 0. The number of aryl methyl sites for hydroxylation is 1. The van der Waals surface area contributed by atoms with Crippen LogP contribution in [0.1, 0.15) is 23.2 Å². The number of aromatic nitrogens is 1. The number of pyridine rings is 1. The Morgan fingerprint density at radius 3 is 2.89 bits per heavy atom. The van der Waals surface area contributed by atoms with Crippen molar-refractivity contribution in [3.05, 3.63) is 16.8 Å². The molecule has 1 N–H and O–H groups in total. The molecule has 0 radical (unpaired) electrons. The third-order valence-corrected chi connectivity index (χ3v) is 3.29. The first-order valence-electron chi connectivity index (χ1n) is 6.06. The van der Waals surface area contributed by atoms with Crippen LogP contribution in [-0.4, -0.2) is 36.3 Å². The largest absolute Gasteiger partial charge is 0.491 e. The topological polar surface area (TPSA) is 62.7 Å². The molecule has 2 rings (SSSR count). The lowest BCUT2D eigenvalue weighted by Gasteiger charge is -2.16. The lowest BCUT2D eigenvalue weighted by atomic mass is 10.1. The summed E-state index contributed by atoms with van der Waals surface area (Å²) in [5.74, 6) is 0.917. The highest BCUT2D eigenvalue weighted by Crippen LogP contribution is 2.34. The van der Waals surface area contributed by atoms with E-state index in [9.17, 15) is 4.79 Å². The molecular weight excluding hydrogens is 232 g/mol. The number of ether oxygens (including phenoxy) is 1. The van der Waals surface area contributed by atoms with Gasteiger partial charge >= 0.3 is 5.97 Å². The molecule has 0 atom stereocenters. The summed E-state index contributed by atoms with van der Waals surface area (Å²) in [6.07, 6.45) is 0.982. The summed E-state index contributed by atoms with van der Waals surface area (Å²) in [5, 5.41) is 8.62. The van der Waals surface area contributed by atoms with Gasteiger partial charge in [-0.3, -0.25) is 4.79 Å². The maximum atomic E-state index is 10.5. The molecule has 2 heterocycles. The molecule has 1 aliphatic heterocycles. The number of fused-ring (bicyclic) bond motifs is 1. The number of rotatable bonds is 4. The van der Waals surface area contributed by atoms with E-state index in [-0.39, 0.29) is 13.0 Å². The molecule has 0 spiro atoms. The van der Waals surface area contributed by atoms with Crippen molar-refractivity contribution >= 4 is 11.8 Å². The molecule has 0 fully saturated rings. The average molecular weight is 250 g/mol. The third-order valence-electron chi connectivity index (χ3n) is 3.29. The normalized spacial score (nSPS) is 13.6. The zero-order valence-corrected chi connectivity index (χ0v) is 11.0. The lowest BCUT2D eigenvalue weighted by Crippen LogP contribution is -2.14. The molecule has 1 aromatic heterocycles. The molecule has 1 aromatic rings. The van der Waals surface area contributed by atoms with Crippen LogP contribution in [0.4, 0.5) is 5.82 Å². The van der Waals surface area contributed by atoms with E-state index in [1.165, 1.54) is 5.56 Å². The van der Waals surface area contributed by atoms with Crippen LogP contribution in [0, 0.1) is 13.8 Å². The van der Waals surface area contributed by atoms with E-state index in [1.54, 1.807) is 0 Å². The number of hydrogen-bond acceptors (Lipinski definition) is 4. The Morgan fingerprint density at radius 2 is 2.22 bits per heavy atom. The Kier molecular flexibility index (Phi) is 3.41. The van der Waals surface area contributed by atoms with Crippen LogP contribution >= 0.6 is 0 Å². The Morgan fingerprint density at radius 1 is 1.50 bits per heavy atom. The number of hydrogen-bond donors (Lipinski definition) is 1. The average Bonchev–Trinajstić information content (AvgIpc) is 2.65. The third kappa shape index (κ3) is 2.25. The van der Waals surface area contributed by atoms with E-state index in [4.69, 9.17) is 9.84 Å². The van der Waals surface area contributed by atoms with Crippen LogP contribution in [0.2, 0.25) is 0 Å². The predicted molar refractivity (Wildman–Crippen MR) is 68.4 cm³/mol. The SMILES string of the molecule is Cc1nc2c(c(C)c1OCCC(=O)O)CCN2C. The second-order valence-electron chi connectivity index (χ2n) is 4.62. The van der Waals surface area contributed by atoms with Gasteiger partial charge in [0.25, 0.3) is 0 Å². The van der Waals surface area contributed by atoms with Gasteiger partial charge in [0.2, 0.25) is 0 Å². The molecule has 5 heteroatoms. The molecule has 0 saturated heterocycles.